The monoisotopic (exact) mass is 197 g/mol. The number of hydrogen-bond donors (Lipinski definition) is 0. The molecule has 3 rings (SSSR count). The lowest BCUT2D eigenvalue weighted by atomic mass is 10.3. The maximum atomic E-state index is 11.6. The highest BCUT2D eigenvalue weighted by atomic mass is 16.1. The van der Waals surface area contributed by atoms with Gasteiger partial charge in [-0.05, 0) is 12.1 Å². The second-order valence-corrected chi connectivity index (χ2v) is 3.25. The summed E-state index contributed by atoms with van der Waals surface area (Å²) in [7, 11) is 0. The van der Waals surface area contributed by atoms with Gasteiger partial charge in [0, 0.05) is 17.8 Å². The predicted molar refractivity (Wildman–Crippen MR) is 56.3 cm³/mol. The van der Waals surface area contributed by atoms with E-state index in [0.717, 1.165) is 10.9 Å². The number of pyridine rings is 1. The standard InChI is InChI=1S/C11H7N3O/c15-11-7-13-10-3-1-2-8-6-12-5-4-9(8)14(10)11/h1-7H. The van der Waals surface area contributed by atoms with Crippen LogP contribution in [-0.4, -0.2) is 14.5 Å². The van der Waals surface area contributed by atoms with Gasteiger partial charge in [-0.3, -0.25) is 14.3 Å². The van der Waals surface area contributed by atoms with Gasteiger partial charge in [-0.1, -0.05) is 12.1 Å². The molecule has 0 saturated carbocycles. The number of rotatable bonds is 0. The zero-order valence-electron chi connectivity index (χ0n) is 7.79. The van der Waals surface area contributed by atoms with E-state index in [0.29, 0.717) is 5.82 Å². The normalized spacial score (nSPS) is 10.9. The van der Waals surface area contributed by atoms with Crippen molar-refractivity contribution in [1.29, 1.82) is 0 Å². The van der Waals surface area contributed by atoms with Crippen molar-refractivity contribution in [3.05, 3.63) is 53.2 Å². The molecular formula is C11H7N3O. The molecule has 0 unspecified atom stereocenters. The fourth-order valence-corrected chi connectivity index (χ4v) is 1.68. The smallest absolute Gasteiger partial charge is 0.267 e. The Bertz CT molecular complexity index is 659. The third-order valence-electron chi connectivity index (χ3n) is 2.35. The number of imidazole rings is 1. The lowest BCUT2D eigenvalue weighted by Crippen LogP contribution is -2.10. The van der Waals surface area contributed by atoms with Crippen molar-refractivity contribution in [3.8, 4) is 5.82 Å². The minimum absolute atomic E-state index is 0.114. The Morgan fingerprint density at radius 1 is 1.13 bits per heavy atom. The van der Waals surface area contributed by atoms with Gasteiger partial charge in [-0.25, -0.2) is 4.98 Å². The maximum absolute atomic E-state index is 11.6. The van der Waals surface area contributed by atoms with E-state index in [2.05, 4.69) is 9.97 Å². The van der Waals surface area contributed by atoms with Crippen molar-refractivity contribution in [3.63, 3.8) is 0 Å². The minimum atomic E-state index is -0.114. The van der Waals surface area contributed by atoms with E-state index in [-0.39, 0.29) is 5.56 Å². The number of hydrogen-bond acceptors (Lipinski definition) is 3. The van der Waals surface area contributed by atoms with Crippen molar-refractivity contribution >= 4 is 10.9 Å². The van der Waals surface area contributed by atoms with E-state index >= 15 is 0 Å². The van der Waals surface area contributed by atoms with E-state index in [4.69, 9.17) is 0 Å². The van der Waals surface area contributed by atoms with Gasteiger partial charge in [0.15, 0.2) is 0 Å². The molecule has 0 bridgehead atoms. The first-order valence-electron chi connectivity index (χ1n) is 4.57. The zero-order valence-corrected chi connectivity index (χ0v) is 7.79. The fraction of sp³-hybridized carbons (Fsp3) is 0. The molecule has 0 radical (unpaired) electrons. The molecule has 4 heteroatoms. The molecule has 0 N–H and O–H groups in total. The summed E-state index contributed by atoms with van der Waals surface area (Å²) >= 11 is 0. The summed E-state index contributed by atoms with van der Waals surface area (Å²) in [5, 5.41) is 0.919. The average molecular weight is 197 g/mol. The molecule has 0 amide bonds. The van der Waals surface area contributed by atoms with E-state index in [1.54, 1.807) is 23.0 Å². The maximum Gasteiger partial charge on any atom is 0.275 e. The van der Waals surface area contributed by atoms with Crippen LogP contribution in [0.3, 0.4) is 0 Å². The molecule has 0 atom stereocenters. The average Bonchev–Trinajstić information content (AvgIpc) is 2.52. The lowest BCUT2D eigenvalue weighted by molar-refractivity contribution is 1.06. The molecule has 2 aliphatic rings. The molecule has 15 heavy (non-hydrogen) atoms. The van der Waals surface area contributed by atoms with Gasteiger partial charge in [0.25, 0.3) is 5.56 Å². The molecule has 2 aliphatic heterocycles. The fourth-order valence-electron chi connectivity index (χ4n) is 1.68. The van der Waals surface area contributed by atoms with Crippen LogP contribution >= 0.6 is 0 Å². The van der Waals surface area contributed by atoms with Crippen molar-refractivity contribution in [2.45, 2.75) is 0 Å². The molecule has 0 spiro atoms. The topological polar surface area (TPSA) is 47.8 Å². The van der Waals surface area contributed by atoms with Crippen LogP contribution in [0.4, 0.5) is 0 Å². The highest BCUT2D eigenvalue weighted by Gasteiger charge is 2.07. The highest BCUT2D eigenvalue weighted by Crippen LogP contribution is 2.14. The summed E-state index contributed by atoms with van der Waals surface area (Å²) in [6.07, 6.45) is 4.73. The molecule has 1 aromatic heterocycles. The van der Waals surface area contributed by atoms with Crippen LogP contribution in [0.5, 0.6) is 0 Å². The summed E-state index contributed by atoms with van der Waals surface area (Å²) in [4.78, 5) is 19.7. The molecule has 1 aromatic rings. The van der Waals surface area contributed by atoms with Crippen molar-refractivity contribution in [1.82, 2.24) is 14.5 Å². The summed E-state index contributed by atoms with van der Waals surface area (Å²) in [6.45, 7) is 0. The Kier molecular flexibility index (Phi) is 1.56. The van der Waals surface area contributed by atoms with E-state index < -0.39 is 0 Å². The Balaban J connectivity index is 2.63. The number of fused-ring (bicyclic) bond motifs is 3. The Morgan fingerprint density at radius 3 is 3.00 bits per heavy atom. The van der Waals surface area contributed by atoms with Crippen molar-refractivity contribution in [2.24, 2.45) is 0 Å². The number of nitrogens with zero attached hydrogens (tertiary/aromatic N) is 3. The van der Waals surface area contributed by atoms with Crippen LogP contribution in [0.1, 0.15) is 0 Å². The van der Waals surface area contributed by atoms with Gasteiger partial charge >= 0.3 is 0 Å². The molecular weight excluding hydrogens is 190 g/mol. The van der Waals surface area contributed by atoms with Crippen LogP contribution in [0, 0.1) is 0 Å². The van der Waals surface area contributed by atoms with Gasteiger partial charge in [0.05, 0.1) is 11.7 Å². The molecule has 0 saturated heterocycles. The van der Waals surface area contributed by atoms with Crippen LogP contribution in [0.15, 0.2) is 47.7 Å². The molecule has 0 aliphatic carbocycles. The van der Waals surface area contributed by atoms with Gasteiger partial charge in [-0.15, -0.1) is 0 Å². The van der Waals surface area contributed by atoms with Crippen LogP contribution < -0.4 is 5.56 Å². The third kappa shape index (κ3) is 1.11. The Labute approximate surface area is 85.2 Å². The van der Waals surface area contributed by atoms with E-state index in [1.807, 2.05) is 18.2 Å². The van der Waals surface area contributed by atoms with E-state index in [9.17, 15) is 4.79 Å². The van der Waals surface area contributed by atoms with Gasteiger partial charge in [0.1, 0.15) is 5.82 Å². The Hall–Kier alpha value is -2.23. The van der Waals surface area contributed by atoms with Gasteiger partial charge < -0.3 is 0 Å². The van der Waals surface area contributed by atoms with Crippen LogP contribution in [-0.2, 0) is 0 Å². The third-order valence-corrected chi connectivity index (χ3v) is 2.35. The second kappa shape index (κ2) is 2.88. The zero-order chi connectivity index (χ0) is 10.3. The highest BCUT2D eigenvalue weighted by molar-refractivity contribution is 5.78. The first kappa shape index (κ1) is 8.11. The largest absolute Gasteiger partial charge is 0.275 e. The molecule has 3 heterocycles. The van der Waals surface area contributed by atoms with Crippen molar-refractivity contribution in [2.75, 3.05) is 0 Å². The van der Waals surface area contributed by atoms with E-state index in [1.165, 1.54) is 6.20 Å². The molecule has 4 nitrogen and oxygen atoms in total. The summed E-state index contributed by atoms with van der Waals surface area (Å²) in [5.74, 6) is 0.654. The second-order valence-electron chi connectivity index (χ2n) is 3.25. The Morgan fingerprint density at radius 2 is 2.07 bits per heavy atom. The van der Waals surface area contributed by atoms with Crippen LogP contribution in [0.25, 0.3) is 16.7 Å². The first-order chi connectivity index (χ1) is 7.36. The molecule has 0 fully saturated rings. The van der Waals surface area contributed by atoms with Crippen molar-refractivity contribution < 1.29 is 0 Å². The lowest BCUT2D eigenvalue weighted by Gasteiger charge is -1.98. The molecule has 0 aromatic carbocycles. The quantitative estimate of drug-likeness (QED) is 0.544. The molecule has 72 valence electrons. The summed E-state index contributed by atoms with van der Waals surface area (Å²) < 4.78 is 1.58. The van der Waals surface area contributed by atoms with Crippen LogP contribution in [0.2, 0.25) is 0 Å². The minimum Gasteiger partial charge on any atom is -0.267 e. The summed E-state index contributed by atoms with van der Waals surface area (Å²) in [6, 6.07) is 7.40. The number of aromatic nitrogens is 3. The van der Waals surface area contributed by atoms with Gasteiger partial charge in [0.2, 0.25) is 0 Å². The first-order valence-corrected chi connectivity index (χ1v) is 4.57. The SMILES string of the molecule is O=c1cnc2cccc3cnccc3n1-2. The summed E-state index contributed by atoms with van der Waals surface area (Å²) in [5.41, 5.74) is 0.713. The van der Waals surface area contributed by atoms with Gasteiger partial charge in [-0.2, -0.15) is 0 Å². The predicted octanol–water partition coefficient (Wildman–Crippen LogP) is 1.22.